The van der Waals surface area contributed by atoms with E-state index in [0.29, 0.717) is 22.9 Å². The van der Waals surface area contributed by atoms with Crippen LogP contribution in [0.2, 0.25) is 5.02 Å². The highest BCUT2D eigenvalue weighted by Crippen LogP contribution is 2.28. The molecule has 2 amide bonds. The minimum atomic E-state index is -0.311. The second-order valence-corrected chi connectivity index (χ2v) is 11.0. The molecule has 3 aromatic carbocycles. The number of halogens is 1. The highest BCUT2D eigenvalue weighted by molar-refractivity contribution is 6.30. The largest absolute Gasteiger partial charge is 0.325 e. The maximum absolute atomic E-state index is 13.4. The van der Waals surface area contributed by atoms with Gasteiger partial charge in [0.25, 0.3) is 5.91 Å². The minimum absolute atomic E-state index is 0.126. The zero-order valence-corrected chi connectivity index (χ0v) is 23.2. The van der Waals surface area contributed by atoms with Gasteiger partial charge in [0.05, 0.1) is 11.4 Å². The highest BCUT2D eigenvalue weighted by Gasteiger charge is 2.24. The van der Waals surface area contributed by atoms with Gasteiger partial charge in [-0.1, -0.05) is 80.4 Å². The molecular formula is C31H33ClN4O2. The molecule has 4 rings (SSSR count). The number of carbonyl (C=O) groups is 2. The van der Waals surface area contributed by atoms with Gasteiger partial charge in [0.15, 0.2) is 0 Å². The Morgan fingerprint density at radius 2 is 1.63 bits per heavy atom. The summed E-state index contributed by atoms with van der Waals surface area (Å²) in [5, 5.41) is 8.41. The van der Waals surface area contributed by atoms with Crippen molar-refractivity contribution in [3.63, 3.8) is 0 Å². The first kappa shape index (κ1) is 27.1. The molecule has 0 saturated carbocycles. The molecule has 0 atom stereocenters. The van der Waals surface area contributed by atoms with E-state index >= 15 is 0 Å². The molecule has 0 unspecified atom stereocenters. The average molecular weight is 529 g/mol. The van der Waals surface area contributed by atoms with E-state index in [1.165, 1.54) is 4.90 Å². The second-order valence-electron chi connectivity index (χ2n) is 10.6. The summed E-state index contributed by atoms with van der Waals surface area (Å²) < 4.78 is 1.77. The number of rotatable bonds is 7. The van der Waals surface area contributed by atoms with E-state index in [4.69, 9.17) is 16.7 Å². The standard InChI is InChI=1S/C31H33ClN4O2/c1-21-11-16-26(22(2)17-21)36-28(18-27(34-36)31(3,4)5)33-29(37)20-35(19-23-9-7-6-8-10-23)30(38)24-12-14-25(32)15-13-24/h6-18H,19-20H2,1-5H3,(H,33,37). The van der Waals surface area contributed by atoms with Gasteiger partial charge in [-0.05, 0) is 55.3 Å². The number of aromatic nitrogens is 2. The molecule has 4 aromatic rings. The van der Waals surface area contributed by atoms with E-state index < -0.39 is 0 Å². The summed E-state index contributed by atoms with van der Waals surface area (Å²) in [7, 11) is 0. The monoisotopic (exact) mass is 528 g/mol. The van der Waals surface area contributed by atoms with Crippen LogP contribution in [0.4, 0.5) is 5.82 Å². The van der Waals surface area contributed by atoms with Gasteiger partial charge in [-0.25, -0.2) is 4.68 Å². The predicted octanol–water partition coefficient (Wildman–Crippen LogP) is 6.72. The molecule has 38 heavy (non-hydrogen) atoms. The molecule has 6 nitrogen and oxygen atoms in total. The Hall–Kier alpha value is -3.90. The van der Waals surface area contributed by atoms with Crippen LogP contribution in [0.5, 0.6) is 0 Å². The summed E-state index contributed by atoms with van der Waals surface area (Å²) in [4.78, 5) is 28.4. The van der Waals surface area contributed by atoms with Gasteiger partial charge in [-0.2, -0.15) is 5.10 Å². The molecule has 1 heterocycles. The molecule has 0 saturated heterocycles. The molecule has 0 radical (unpaired) electrons. The minimum Gasteiger partial charge on any atom is -0.325 e. The van der Waals surface area contributed by atoms with E-state index in [-0.39, 0.29) is 23.8 Å². The number of benzene rings is 3. The number of nitrogens with zero attached hydrogens (tertiary/aromatic N) is 3. The first-order valence-electron chi connectivity index (χ1n) is 12.6. The van der Waals surface area contributed by atoms with Crippen molar-refractivity contribution in [2.45, 2.75) is 46.6 Å². The summed E-state index contributed by atoms with van der Waals surface area (Å²) in [6, 6.07) is 24.3. The third-order valence-electron chi connectivity index (χ3n) is 6.25. The van der Waals surface area contributed by atoms with Crippen molar-refractivity contribution >= 4 is 29.2 Å². The van der Waals surface area contributed by atoms with Gasteiger partial charge in [-0.15, -0.1) is 0 Å². The molecule has 196 valence electrons. The number of nitrogens with one attached hydrogen (secondary N) is 1. The number of aryl methyl sites for hydroxylation is 2. The smallest absolute Gasteiger partial charge is 0.254 e. The maximum Gasteiger partial charge on any atom is 0.254 e. The highest BCUT2D eigenvalue weighted by atomic mass is 35.5. The Labute approximate surface area is 229 Å². The quantitative estimate of drug-likeness (QED) is 0.289. The van der Waals surface area contributed by atoms with Crippen molar-refractivity contribution in [1.29, 1.82) is 0 Å². The Kier molecular flexibility index (Phi) is 8.02. The third-order valence-corrected chi connectivity index (χ3v) is 6.51. The van der Waals surface area contributed by atoms with Gasteiger partial charge in [0.1, 0.15) is 12.4 Å². The molecule has 0 fully saturated rings. The van der Waals surface area contributed by atoms with Gasteiger partial charge < -0.3 is 10.2 Å². The van der Waals surface area contributed by atoms with Gasteiger partial charge in [0.2, 0.25) is 5.91 Å². The molecular weight excluding hydrogens is 496 g/mol. The van der Waals surface area contributed by atoms with Crippen molar-refractivity contribution in [3.8, 4) is 5.69 Å². The van der Waals surface area contributed by atoms with Gasteiger partial charge in [-0.3, -0.25) is 9.59 Å². The van der Waals surface area contributed by atoms with Crippen molar-refractivity contribution in [2.75, 3.05) is 11.9 Å². The van der Waals surface area contributed by atoms with Crippen molar-refractivity contribution < 1.29 is 9.59 Å². The fraction of sp³-hybridized carbons (Fsp3) is 0.258. The van der Waals surface area contributed by atoms with Crippen LogP contribution in [0.25, 0.3) is 5.69 Å². The van der Waals surface area contributed by atoms with Crippen LogP contribution in [-0.4, -0.2) is 33.0 Å². The third kappa shape index (κ3) is 6.50. The number of hydrogen-bond donors (Lipinski definition) is 1. The fourth-order valence-electron chi connectivity index (χ4n) is 4.20. The predicted molar refractivity (Wildman–Crippen MR) is 153 cm³/mol. The van der Waals surface area contributed by atoms with E-state index in [1.54, 1.807) is 28.9 Å². The number of hydrogen-bond acceptors (Lipinski definition) is 3. The SMILES string of the molecule is Cc1ccc(-n2nc(C(C)(C)C)cc2NC(=O)CN(Cc2ccccc2)C(=O)c2ccc(Cl)cc2)c(C)c1. The first-order chi connectivity index (χ1) is 18.0. The number of amides is 2. The Bertz CT molecular complexity index is 1440. The molecule has 0 bridgehead atoms. The zero-order valence-electron chi connectivity index (χ0n) is 22.5. The molecule has 1 aromatic heterocycles. The van der Waals surface area contributed by atoms with E-state index in [2.05, 4.69) is 32.2 Å². The number of anilines is 1. The summed E-state index contributed by atoms with van der Waals surface area (Å²) >= 11 is 6.02. The number of carbonyl (C=O) groups excluding carboxylic acids is 2. The lowest BCUT2D eigenvalue weighted by Crippen LogP contribution is -2.37. The van der Waals surface area contributed by atoms with Crippen LogP contribution in [0, 0.1) is 13.8 Å². The molecule has 0 aliphatic rings. The molecule has 7 heteroatoms. The van der Waals surface area contributed by atoms with Crippen LogP contribution >= 0.6 is 11.6 Å². The van der Waals surface area contributed by atoms with Crippen molar-refractivity contribution in [1.82, 2.24) is 14.7 Å². The molecule has 0 spiro atoms. The molecule has 1 N–H and O–H groups in total. The van der Waals surface area contributed by atoms with Crippen molar-refractivity contribution in [3.05, 3.63) is 112 Å². The lowest BCUT2D eigenvalue weighted by molar-refractivity contribution is -0.117. The first-order valence-corrected chi connectivity index (χ1v) is 13.0. The second kappa shape index (κ2) is 11.2. The van der Waals surface area contributed by atoms with Crippen LogP contribution in [-0.2, 0) is 16.8 Å². The van der Waals surface area contributed by atoms with Crippen molar-refractivity contribution in [2.24, 2.45) is 0 Å². The van der Waals surface area contributed by atoms with Crippen LogP contribution < -0.4 is 5.32 Å². The average Bonchev–Trinajstić information content (AvgIpc) is 3.28. The maximum atomic E-state index is 13.4. The fourth-order valence-corrected chi connectivity index (χ4v) is 4.32. The lowest BCUT2D eigenvalue weighted by atomic mass is 9.92. The normalized spacial score (nSPS) is 11.3. The topological polar surface area (TPSA) is 67.2 Å². The summed E-state index contributed by atoms with van der Waals surface area (Å²) in [6.45, 7) is 10.5. The summed E-state index contributed by atoms with van der Waals surface area (Å²) in [6.07, 6.45) is 0. The molecule has 0 aliphatic heterocycles. The van der Waals surface area contributed by atoms with E-state index in [0.717, 1.165) is 28.1 Å². The van der Waals surface area contributed by atoms with Crippen LogP contribution in [0.15, 0.2) is 78.9 Å². The Morgan fingerprint density at radius 3 is 2.26 bits per heavy atom. The van der Waals surface area contributed by atoms with Crippen LogP contribution in [0.1, 0.15) is 53.5 Å². The Morgan fingerprint density at radius 1 is 0.947 bits per heavy atom. The lowest BCUT2D eigenvalue weighted by Gasteiger charge is -2.23. The van der Waals surface area contributed by atoms with Crippen LogP contribution in [0.3, 0.4) is 0 Å². The van der Waals surface area contributed by atoms with E-state index in [1.807, 2.05) is 62.4 Å². The van der Waals surface area contributed by atoms with Gasteiger partial charge in [0, 0.05) is 28.6 Å². The summed E-state index contributed by atoms with van der Waals surface area (Å²) in [5.74, 6) is -0.000892. The summed E-state index contributed by atoms with van der Waals surface area (Å²) in [5.41, 5.74) is 5.12. The Balaban J connectivity index is 1.64. The van der Waals surface area contributed by atoms with E-state index in [9.17, 15) is 9.59 Å². The zero-order chi connectivity index (χ0) is 27.4. The van der Waals surface area contributed by atoms with Gasteiger partial charge >= 0.3 is 0 Å². The molecule has 0 aliphatic carbocycles.